The Balaban J connectivity index is 1.67. The van der Waals surface area contributed by atoms with E-state index in [-0.39, 0.29) is 17.4 Å². The first-order valence-electron chi connectivity index (χ1n) is 14.0. The van der Waals surface area contributed by atoms with Gasteiger partial charge in [-0.3, -0.25) is 14.5 Å². The number of rotatable bonds is 9. The Kier molecular flexibility index (Phi) is 8.13. The van der Waals surface area contributed by atoms with E-state index in [0.717, 1.165) is 60.2 Å². The summed E-state index contributed by atoms with van der Waals surface area (Å²) in [6, 6.07) is 21.8. The summed E-state index contributed by atoms with van der Waals surface area (Å²) < 4.78 is 2.05. The van der Waals surface area contributed by atoms with Gasteiger partial charge in [-0.2, -0.15) is 0 Å². The lowest BCUT2D eigenvalue weighted by Gasteiger charge is -2.27. The lowest BCUT2D eigenvalue weighted by atomic mass is 9.96. The highest BCUT2D eigenvalue weighted by Gasteiger charge is 2.29. The summed E-state index contributed by atoms with van der Waals surface area (Å²) in [6.07, 6.45) is 4.43. The second-order valence-electron chi connectivity index (χ2n) is 10.4. The van der Waals surface area contributed by atoms with Gasteiger partial charge in [0, 0.05) is 41.8 Å². The molecule has 202 valence electrons. The van der Waals surface area contributed by atoms with Crippen LogP contribution < -0.4 is 5.32 Å². The lowest BCUT2D eigenvalue weighted by molar-refractivity contribution is 0.0953. The summed E-state index contributed by atoms with van der Waals surface area (Å²) in [5.41, 5.74) is 5.17. The molecule has 0 unspecified atom stereocenters. The second-order valence-corrected chi connectivity index (χ2v) is 10.4. The zero-order valence-electron chi connectivity index (χ0n) is 22.9. The highest BCUT2D eigenvalue weighted by atomic mass is 16.3. The number of Topliss-reactive ketones (excluding diaryl/α,β-unsaturated/α-hetero) is 1. The molecule has 1 saturated heterocycles. The molecule has 0 radical (unpaired) electrons. The molecule has 0 bridgehead atoms. The number of amides is 1. The summed E-state index contributed by atoms with van der Waals surface area (Å²) in [6.45, 7) is 6.62. The number of aromatic hydroxyl groups is 1. The molecule has 1 aliphatic heterocycles. The van der Waals surface area contributed by atoms with E-state index in [1.54, 1.807) is 6.07 Å². The van der Waals surface area contributed by atoms with Crippen LogP contribution in [0.2, 0.25) is 0 Å². The summed E-state index contributed by atoms with van der Waals surface area (Å²) in [5, 5.41) is 15.4. The molecule has 0 atom stereocenters. The van der Waals surface area contributed by atoms with Crippen molar-refractivity contribution < 1.29 is 14.7 Å². The number of piperidine rings is 1. The molecule has 0 spiro atoms. The van der Waals surface area contributed by atoms with Gasteiger partial charge < -0.3 is 15.0 Å². The van der Waals surface area contributed by atoms with E-state index in [2.05, 4.69) is 22.3 Å². The molecule has 4 aromatic rings. The van der Waals surface area contributed by atoms with E-state index in [1.807, 2.05) is 66.9 Å². The van der Waals surface area contributed by atoms with Crippen molar-refractivity contribution in [2.24, 2.45) is 0 Å². The third kappa shape index (κ3) is 5.48. The molecule has 6 nitrogen and oxygen atoms in total. The number of hydrogen-bond acceptors (Lipinski definition) is 4. The maximum atomic E-state index is 13.9. The molecule has 39 heavy (non-hydrogen) atoms. The summed E-state index contributed by atoms with van der Waals surface area (Å²) >= 11 is 0. The fourth-order valence-corrected chi connectivity index (χ4v) is 5.78. The first-order valence-corrected chi connectivity index (χ1v) is 14.0. The van der Waals surface area contributed by atoms with Crippen LogP contribution in [0.3, 0.4) is 0 Å². The van der Waals surface area contributed by atoms with Gasteiger partial charge in [-0.1, -0.05) is 61.9 Å². The van der Waals surface area contributed by atoms with Gasteiger partial charge in [0.2, 0.25) is 0 Å². The highest BCUT2D eigenvalue weighted by molar-refractivity contribution is 6.13. The first-order chi connectivity index (χ1) is 19.0. The largest absolute Gasteiger partial charge is 0.507 e. The van der Waals surface area contributed by atoms with Crippen molar-refractivity contribution in [2.45, 2.75) is 52.5 Å². The number of fused-ring (bicyclic) bond motifs is 1. The van der Waals surface area contributed by atoms with E-state index in [1.165, 1.54) is 6.42 Å². The van der Waals surface area contributed by atoms with Gasteiger partial charge in [0.15, 0.2) is 5.78 Å². The second kappa shape index (κ2) is 11.9. The number of hydrogen-bond donors (Lipinski definition) is 2. The smallest absolute Gasteiger partial charge is 0.253 e. The number of carbonyl (C=O) groups is 2. The summed E-state index contributed by atoms with van der Waals surface area (Å²) in [4.78, 5) is 29.2. The molecule has 2 N–H and O–H groups in total. The molecule has 6 heteroatoms. The van der Waals surface area contributed by atoms with Gasteiger partial charge in [0.25, 0.3) is 5.91 Å². The molecule has 1 fully saturated rings. The quantitative estimate of drug-likeness (QED) is 0.256. The average molecular weight is 524 g/mol. The fourth-order valence-electron chi connectivity index (χ4n) is 5.78. The minimum Gasteiger partial charge on any atom is -0.507 e. The number of nitrogens with one attached hydrogen (secondary N) is 1. The lowest BCUT2D eigenvalue weighted by Crippen LogP contribution is -2.30. The summed E-state index contributed by atoms with van der Waals surface area (Å²) in [7, 11) is 0. The SMILES string of the molecule is CCC(=O)c1cc2c(c(CN3CCCCC3)c1O)c(C(=O)NCCc1ccccc1)c(C)n2-c1ccccc1. The van der Waals surface area contributed by atoms with Crippen molar-refractivity contribution in [3.63, 3.8) is 0 Å². The van der Waals surface area contributed by atoms with Crippen molar-refractivity contribution in [3.8, 4) is 11.4 Å². The van der Waals surface area contributed by atoms with Gasteiger partial charge in [0.05, 0.1) is 16.6 Å². The van der Waals surface area contributed by atoms with Crippen LogP contribution in [0, 0.1) is 6.92 Å². The zero-order valence-corrected chi connectivity index (χ0v) is 22.9. The molecule has 0 aliphatic carbocycles. The monoisotopic (exact) mass is 523 g/mol. The van der Waals surface area contributed by atoms with Crippen molar-refractivity contribution >= 4 is 22.6 Å². The molecular weight excluding hydrogens is 486 g/mol. The Morgan fingerprint density at radius 1 is 0.949 bits per heavy atom. The number of phenols is 1. The van der Waals surface area contributed by atoms with Crippen LogP contribution in [-0.2, 0) is 13.0 Å². The van der Waals surface area contributed by atoms with Gasteiger partial charge >= 0.3 is 0 Å². The Hall–Kier alpha value is -3.90. The van der Waals surface area contributed by atoms with E-state index >= 15 is 0 Å². The minimum atomic E-state index is -0.169. The van der Waals surface area contributed by atoms with Gasteiger partial charge in [-0.25, -0.2) is 0 Å². The molecule has 2 heterocycles. The molecular formula is C33H37N3O3. The van der Waals surface area contributed by atoms with Gasteiger partial charge in [-0.05, 0) is 63.0 Å². The predicted octanol–water partition coefficient (Wildman–Crippen LogP) is 6.20. The van der Waals surface area contributed by atoms with Crippen molar-refractivity contribution in [1.82, 2.24) is 14.8 Å². The van der Waals surface area contributed by atoms with Gasteiger partial charge in [-0.15, -0.1) is 0 Å². The standard InChI is InChI=1S/C33H37N3O3/c1-3-29(37)26-21-28-31(27(32(26)38)22-35-19-11-6-12-20-35)30(23(2)36(28)25-15-9-5-10-16-25)33(39)34-18-17-24-13-7-4-8-14-24/h4-5,7-10,13-16,21,38H,3,6,11-12,17-20,22H2,1-2H3,(H,34,39). The number of aromatic nitrogens is 1. The fraction of sp³-hybridized carbons (Fsp3) is 0.333. The normalized spacial score (nSPS) is 14.0. The third-order valence-corrected chi connectivity index (χ3v) is 7.80. The summed E-state index contributed by atoms with van der Waals surface area (Å²) in [5.74, 6) is -0.276. The molecule has 1 aliphatic rings. The van der Waals surface area contributed by atoms with Crippen LogP contribution in [0.4, 0.5) is 0 Å². The number of ketones is 1. The van der Waals surface area contributed by atoms with E-state index in [4.69, 9.17) is 0 Å². The van der Waals surface area contributed by atoms with Gasteiger partial charge in [0.1, 0.15) is 5.75 Å². The van der Waals surface area contributed by atoms with Crippen molar-refractivity contribution in [3.05, 3.63) is 94.7 Å². The molecule has 5 rings (SSSR count). The Labute approximate surface area is 230 Å². The number of likely N-dealkylation sites (tertiary alicyclic amines) is 1. The van der Waals surface area contributed by atoms with Crippen LogP contribution in [0.25, 0.3) is 16.6 Å². The number of nitrogens with zero attached hydrogens (tertiary/aromatic N) is 2. The first kappa shape index (κ1) is 26.7. The Morgan fingerprint density at radius 3 is 2.28 bits per heavy atom. The Morgan fingerprint density at radius 2 is 1.62 bits per heavy atom. The topological polar surface area (TPSA) is 74.6 Å². The van der Waals surface area contributed by atoms with Crippen molar-refractivity contribution in [2.75, 3.05) is 19.6 Å². The predicted molar refractivity (Wildman–Crippen MR) is 156 cm³/mol. The number of phenolic OH excluding ortho intramolecular Hbond substituents is 1. The molecule has 0 saturated carbocycles. The Bertz CT molecular complexity index is 1470. The maximum absolute atomic E-state index is 13.9. The van der Waals surface area contributed by atoms with Crippen LogP contribution in [0.15, 0.2) is 66.7 Å². The highest BCUT2D eigenvalue weighted by Crippen LogP contribution is 2.39. The molecule has 1 aromatic heterocycles. The third-order valence-electron chi connectivity index (χ3n) is 7.80. The van der Waals surface area contributed by atoms with E-state index in [0.29, 0.717) is 36.2 Å². The van der Waals surface area contributed by atoms with E-state index < -0.39 is 0 Å². The van der Waals surface area contributed by atoms with Crippen LogP contribution in [-0.4, -0.2) is 45.9 Å². The van der Waals surface area contributed by atoms with Crippen LogP contribution in [0.1, 0.15) is 70.1 Å². The van der Waals surface area contributed by atoms with E-state index in [9.17, 15) is 14.7 Å². The average Bonchev–Trinajstić information content (AvgIpc) is 3.27. The molecule has 3 aromatic carbocycles. The van der Waals surface area contributed by atoms with Crippen LogP contribution in [0.5, 0.6) is 5.75 Å². The maximum Gasteiger partial charge on any atom is 0.253 e. The molecule has 1 amide bonds. The number of benzene rings is 3. The number of para-hydroxylation sites is 1. The minimum absolute atomic E-state index is 0.00321. The number of carbonyl (C=O) groups excluding carboxylic acids is 2. The zero-order chi connectivity index (χ0) is 27.4. The van der Waals surface area contributed by atoms with Crippen molar-refractivity contribution in [1.29, 1.82) is 0 Å². The van der Waals surface area contributed by atoms with Crippen LogP contribution >= 0.6 is 0 Å².